The number of amides is 3. The summed E-state index contributed by atoms with van der Waals surface area (Å²) in [7, 11) is 1.46. The molecule has 1 saturated heterocycles. The number of hydrogen-bond donors (Lipinski definition) is 1. The van der Waals surface area contributed by atoms with Crippen molar-refractivity contribution < 1.29 is 24.2 Å². The summed E-state index contributed by atoms with van der Waals surface area (Å²) in [6, 6.07) is 9.32. The van der Waals surface area contributed by atoms with Crippen LogP contribution in [0.3, 0.4) is 0 Å². The monoisotopic (exact) mass is 322 g/mol. The summed E-state index contributed by atoms with van der Waals surface area (Å²) >= 11 is 0. The van der Waals surface area contributed by atoms with Gasteiger partial charge in [0.2, 0.25) is 5.91 Å². The van der Waals surface area contributed by atoms with Crippen molar-refractivity contribution in [3.8, 4) is 0 Å². The number of methoxy groups -OCH3 is 1. The molecule has 1 fully saturated rings. The van der Waals surface area contributed by atoms with Crippen molar-refractivity contribution in [2.45, 2.75) is 12.7 Å². The van der Waals surface area contributed by atoms with Crippen molar-refractivity contribution in [1.29, 1.82) is 0 Å². The molecule has 1 aromatic rings. The Kier molecular flexibility index (Phi) is 6.52. The van der Waals surface area contributed by atoms with E-state index in [0.717, 1.165) is 5.56 Å². The molecule has 1 aliphatic rings. The Morgan fingerprint density at radius 3 is 2.65 bits per heavy atom. The number of benzene rings is 1. The largest absolute Gasteiger partial charge is 0.394 e. The standard InChI is InChI=1S/C16H22N2O5/c1-22-14(11-19)9-17-10-15(20)18(16(17)21)7-8-23-12-13-5-3-2-4-6-13/h2-6,14,19H,7-12H2,1H3. The van der Waals surface area contributed by atoms with Crippen molar-refractivity contribution in [3.05, 3.63) is 35.9 Å². The molecule has 7 heteroatoms. The molecule has 2 rings (SSSR count). The van der Waals surface area contributed by atoms with Gasteiger partial charge in [-0.05, 0) is 5.56 Å². The van der Waals surface area contributed by atoms with E-state index in [1.165, 1.54) is 16.9 Å². The highest BCUT2D eigenvalue weighted by atomic mass is 16.5. The Balaban J connectivity index is 1.76. The lowest BCUT2D eigenvalue weighted by Gasteiger charge is -2.21. The first-order valence-electron chi connectivity index (χ1n) is 7.50. The first-order valence-corrected chi connectivity index (χ1v) is 7.50. The van der Waals surface area contributed by atoms with Gasteiger partial charge in [-0.25, -0.2) is 4.79 Å². The van der Waals surface area contributed by atoms with Crippen LogP contribution in [-0.4, -0.2) is 72.9 Å². The van der Waals surface area contributed by atoms with Crippen molar-refractivity contribution in [2.75, 3.05) is 40.0 Å². The van der Waals surface area contributed by atoms with E-state index < -0.39 is 6.10 Å². The lowest BCUT2D eigenvalue weighted by molar-refractivity contribution is -0.126. The molecular weight excluding hydrogens is 300 g/mol. The Morgan fingerprint density at radius 1 is 1.26 bits per heavy atom. The van der Waals surface area contributed by atoms with E-state index in [1.807, 2.05) is 30.3 Å². The third-order valence-electron chi connectivity index (χ3n) is 3.66. The number of ether oxygens (including phenoxy) is 2. The molecule has 23 heavy (non-hydrogen) atoms. The third-order valence-corrected chi connectivity index (χ3v) is 3.66. The van der Waals surface area contributed by atoms with Gasteiger partial charge in [0, 0.05) is 7.11 Å². The molecule has 1 aliphatic heterocycles. The Hall–Kier alpha value is -1.96. The zero-order valence-electron chi connectivity index (χ0n) is 13.2. The molecule has 1 heterocycles. The maximum atomic E-state index is 12.2. The zero-order valence-corrected chi connectivity index (χ0v) is 13.2. The van der Waals surface area contributed by atoms with Crippen LogP contribution in [-0.2, 0) is 20.9 Å². The fraction of sp³-hybridized carbons (Fsp3) is 0.500. The summed E-state index contributed by atoms with van der Waals surface area (Å²) in [5.41, 5.74) is 1.04. The van der Waals surface area contributed by atoms with Crippen molar-refractivity contribution >= 4 is 11.9 Å². The van der Waals surface area contributed by atoms with Crippen LogP contribution in [0.5, 0.6) is 0 Å². The van der Waals surface area contributed by atoms with Gasteiger partial charge in [0.25, 0.3) is 0 Å². The molecule has 0 aliphatic carbocycles. The average molecular weight is 322 g/mol. The highest BCUT2D eigenvalue weighted by Gasteiger charge is 2.36. The second kappa shape index (κ2) is 8.61. The number of nitrogens with zero attached hydrogens (tertiary/aromatic N) is 2. The summed E-state index contributed by atoms with van der Waals surface area (Å²) < 4.78 is 10.5. The SMILES string of the molecule is COC(CO)CN1CC(=O)N(CCOCc2ccccc2)C1=O. The number of imide groups is 1. The predicted molar refractivity (Wildman–Crippen MR) is 82.7 cm³/mol. The summed E-state index contributed by atoms with van der Waals surface area (Å²) in [5.74, 6) is -0.258. The summed E-state index contributed by atoms with van der Waals surface area (Å²) in [6.07, 6.45) is -0.485. The molecule has 0 radical (unpaired) electrons. The van der Waals surface area contributed by atoms with Crippen molar-refractivity contribution in [1.82, 2.24) is 9.80 Å². The second-order valence-electron chi connectivity index (χ2n) is 5.29. The van der Waals surface area contributed by atoms with Crippen LogP contribution in [0.25, 0.3) is 0 Å². The number of carbonyl (C=O) groups excluding carboxylic acids is 2. The number of aliphatic hydroxyl groups is 1. The van der Waals surface area contributed by atoms with Gasteiger partial charge in [-0.2, -0.15) is 0 Å². The van der Waals surface area contributed by atoms with E-state index in [-0.39, 0.29) is 44.8 Å². The number of carbonyl (C=O) groups is 2. The Labute approximate surface area is 135 Å². The lowest BCUT2D eigenvalue weighted by atomic mass is 10.2. The number of aliphatic hydroxyl groups excluding tert-OH is 1. The van der Waals surface area contributed by atoms with E-state index in [4.69, 9.17) is 14.6 Å². The maximum Gasteiger partial charge on any atom is 0.327 e. The molecule has 1 aromatic carbocycles. The van der Waals surface area contributed by atoms with Crippen LogP contribution in [0.1, 0.15) is 5.56 Å². The highest BCUT2D eigenvalue weighted by Crippen LogP contribution is 2.11. The zero-order chi connectivity index (χ0) is 16.7. The Bertz CT molecular complexity index is 518. The minimum Gasteiger partial charge on any atom is -0.394 e. The summed E-state index contributed by atoms with van der Waals surface area (Å²) in [6.45, 7) is 0.952. The van der Waals surface area contributed by atoms with Gasteiger partial charge >= 0.3 is 6.03 Å². The van der Waals surface area contributed by atoms with E-state index in [9.17, 15) is 9.59 Å². The molecule has 0 spiro atoms. The third kappa shape index (κ3) is 4.75. The maximum absolute atomic E-state index is 12.2. The second-order valence-corrected chi connectivity index (χ2v) is 5.29. The number of urea groups is 1. The van der Waals surface area contributed by atoms with Crippen LogP contribution >= 0.6 is 0 Å². The molecule has 0 aromatic heterocycles. The topological polar surface area (TPSA) is 79.3 Å². The van der Waals surface area contributed by atoms with Crippen LogP contribution in [0.4, 0.5) is 4.79 Å². The van der Waals surface area contributed by atoms with E-state index >= 15 is 0 Å². The van der Waals surface area contributed by atoms with Gasteiger partial charge in [0.05, 0.1) is 39.0 Å². The van der Waals surface area contributed by atoms with Crippen LogP contribution in [0, 0.1) is 0 Å². The van der Waals surface area contributed by atoms with Gasteiger partial charge in [0.1, 0.15) is 6.54 Å². The van der Waals surface area contributed by atoms with Crippen LogP contribution in [0.15, 0.2) is 30.3 Å². The minimum atomic E-state index is -0.485. The molecule has 0 saturated carbocycles. The summed E-state index contributed by atoms with van der Waals surface area (Å²) in [5, 5.41) is 9.10. The lowest BCUT2D eigenvalue weighted by Crippen LogP contribution is -2.39. The summed E-state index contributed by atoms with van der Waals surface area (Å²) in [4.78, 5) is 26.7. The molecule has 1 unspecified atom stereocenters. The van der Waals surface area contributed by atoms with Crippen molar-refractivity contribution in [3.63, 3.8) is 0 Å². The predicted octanol–water partition coefficient (Wildman–Crippen LogP) is 0.475. The van der Waals surface area contributed by atoms with Crippen LogP contribution < -0.4 is 0 Å². The van der Waals surface area contributed by atoms with Gasteiger partial charge in [-0.1, -0.05) is 30.3 Å². The molecule has 1 atom stereocenters. The van der Waals surface area contributed by atoms with Gasteiger partial charge in [-0.15, -0.1) is 0 Å². The quantitative estimate of drug-likeness (QED) is 0.528. The Morgan fingerprint density at radius 2 is 2.00 bits per heavy atom. The molecule has 7 nitrogen and oxygen atoms in total. The van der Waals surface area contributed by atoms with E-state index in [1.54, 1.807) is 0 Å². The van der Waals surface area contributed by atoms with Gasteiger partial charge in [-0.3, -0.25) is 9.69 Å². The molecular formula is C16H22N2O5. The van der Waals surface area contributed by atoms with E-state index in [0.29, 0.717) is 6.61 Å². The molecule has 0 bridgehead atoms. The molecule has 3 amide bonds. The average Bonchev–Trinajstić information content (AvgIpc) is 2.84. The highest BCUT2D eigenvalue weighted by molar-refractivity contribution is 6.02. The minimum absolute atomic E-state index is 0.0113. The first kappa shape index (κ1) is 17.4. The van der Waals surface area contributed by atoms with Crippen molar-refractivity contribution in [2.24, 2.45) is 0 Å². The number of rotatable bonds is 9. The fourth-order valence-corrected chi connectivity index (χ4v) is 2.33. The van der Waals surface area contributed by atoms with Gasteiger partial charge < -0.3 is 19.5 Å². The fourth-order valence-electron chi connectivity index (χ4n) is 2.33. The first-order chi connectivity index (χ1) is 11.2. The van der Waals surface area contributed by atoms with Crippen LogP contribution in [0.2, 0.25) is 0 Å². The van der Waals surface area contributed by atoms with Gasteiger partial charge in [0.15, 0.2) is 0 Å². The molecule has 126 valence electrons. The molecule has 1 N–H and O–H groups in total. The van der Waals surface area contributed by atoms with E-state index in [2.05, 4.69) is 0 Å². The smallest absolute Gasteiger partial charge is 0.327 e. The normalized spacial score (nSPS) is 16.3. The number of hydrogen-bond acceptors (Lipinski definition) is 5.